The van der Waals surface area contributed by atoms with Crippen molar-refractivity contribution in [2.75, 3.05) is 13.1 Å². The third kappa shape index (κ3) is 4.31. The summed E-state index contributed by atoms with van der Waals surface area (Å²) in [5.74, 6) is 0.113. The van der Waals surface area contributed by atoms with Crippen LogP contribution in [0.5, 0.6) is 0 Å². The fourth-order valence-electron chi connectivity index (χ4n) is 1.73. The van der Waals surface area contributed by atoms with Crippen molar-refractivity contribution in [3.05, 3.63) is 35.4 Å². The van der Waals surface area contributed by atoms with Gasteiger partial charge in [-0.2, -0.15) is 5.26 Å². The number of Topliss-reactive ketones (excluding diaryl/α,β-unsaturated/α-hetero) is 1. The highest BCUT2D eigenvalue weighted by Gasteiger charge is 2.14. The van der Waals surface area contributed by atoms with Crippen LogP contribution in [-0.4, -0.2) is 29.8 Å². The number of hydrogen-bond acceptors (Lipinski definition) is 3. The second-order valence-corrected chi connectivity index (χ2v) is 4.76. The van der Waals surface area contributed by atoms with E-state index in [1.807, 2.05) is 49.9 Å². The van der Waals surface area contributed by atoms with Crippen LogP contribution in [-0.2, 0) is 0 Å². The Bertz CT molecular complexity index is 429. The molecule has 3 nitrogen and oxygen atoms in total. The van der Waals surface area contributed by atoms with Crippen molar-refractivity contribution >= 4 is 5.78 Å². The van der Waals surface area contributed by atoms with Crippen molar-refractivity contribution in [2.45, 2.75) is 33.2 Å². The molecule has 0 bridgehead atoms. The van der Waals surface area contributed by atoms with Crippen molar-refractivity contribution in [3.63, 3.8) is 0 Å². The molecule has 0 heterocycles. The highest BCUT2D eigenvalue weighted by Crippen LogP contribution is 2.07. The highest BCUT2D eigenvalue weighted by atomic mass is 16.1. The first-order valence-electron chi connectivity index (χ1n) is 6.25. The zero-order chi connectivity index (χ0) is 13.5. The maximum absolute atomic E-state index is 12.1. The van der Waals surface area contributed by atoms with E-state index in [1.165, 1.54) is 0 Å². The first-order valence-corrected chi connectivity index (χ1v) is 6.25. The second kappa shape index (κ2) is 6.93. The van der Waals surface area contributed by atoms with E-state index >= 15 is 0 Å². The Balaban J connectivity index is 2.66. The molecule has 0 unspecified atom stereocenters. The SMILES string of the molecule is Cc1ccc(C(=O)CN(CCC#N)C(C)C)cc1. The Morgan fingerprint density at radius 1 is 1.33 bits per heavy atom. The standard InChI is InChI=1S/C15H20N2O/c1-12(2)17(10-4-9-16)11-15(18)14-7-5-13(3)6-8-14/h5-8,12H,4,10-11H2,1-3H3. The Hall–Kier alpha value is -1.66. The molecular weight excluding hydrogens is 224 g/mol. The number of hydrogen-bond donors (Lipinski definition) is 0. The first kappa shape index (κ1) is 14.4. The predicted octanol–water partition coefficient (Wildman–Crippen LogP) is 2.80. The summed E-state index contributed by atoms with van der Waals surface area (Å²) >= 11 is 0. The van der Waals surface area contributed by atoms with Gasteiger partial charge >= 0.3 is 0 Å². The van der Waals surface area contributed by atoms with Gasteiger partial charge in [-0.05, 0) is 20.8 Å². The summed E-state index contributed by atoms with van der Waals surface area (Å²) in [6.07, 6.45) is 0.458. The van der Waals surface area contributed by atoms with Gasteiger partial charge in [0.1, 0.15) is 0 Å². The smallest absolute Gasteiger partial charge is 0.176 e. The topological polar surface area (TPSA) is 44.1 Å². The number of nitriles is 1. The Labute approximate surface area is 109 Å². The van der Waals surface area contributed by atoms with Crippen LogP contribution in [0.3, 0.4) is 0 Å². The zero-order valence-electron chi connectivity index (χ0n) is 11.3. The summed E-state index contributed by atoms with van der Waals surface area (Å²) in [7, 11) is 0. The summed E-state index contributed by atoms with van der Waals surface area (Å²) in [5, 5.41) is 8.62. The number of carbonyl (C=O) groups excluding carboxylic acids is 1. The number of carbonyl (C=O) groups is 1. The minimum Gasteiger partial charge on any atom is -0.293 e. The molecule has 1 aromatic carbocycles. The fourth-order valence-corrected chi connectivity index (χ4v) is 1.73. The van der Waals surface area contributed by atoms with Crippen LogP contribution in [0.2, 0.25) is 0 Å². The summed E-state index contributed by atoms with van der Waals surface area (Å²) in [4.78, 5) is 14.1. The molecule has 0 aliphatic heterocycles. The lowest BCUT2D eigenvalue weighted by Gasteiger charge is -2.24. The van der Waals surface area contributed by atoms with Crippen LogP contribution in [0.1, 0.15) is 36.2 Å². The predicted molar refractivity (Wildman–Crippen MR) is 72.4 cm³/mol. The lowest BCUT2D eigenvalue weighted by molar-refractivity contribution is 0.0908. The Morgan fingerprint density at radius 2 is 1.94 bits per heavy atom. The molecular formula is C15H20N2O. The number of rotatable bonds is 6. The van der Waals surface area contributed by atoms with Crippen LogP contribution in [0.15, 0.2) is 24.3 Å². The van der Waals surface area contributed by atoms with Gasteiger partial charge in [0.2, 0.25) is 0 Å². The summed E-state index contributed by atoms with van der Waals surface area (Å²) in [5.41, 5.74) is 1.89. The lowest BCUT2D eigenvalue weighted by atomic mass is 10.1. The third-order valence-corrected chi connectivity index (χ3v) is 2.96. The monoisotopic (exact) mass is 244 g/mol. The van der Waals surface area contributed by atoms with Crippen LogP contribution in [0, 0.1) is 18.3 Å². The second-order valence-electron chi connectivity index (χ2n) is 4.76. The molecule has 0 fully saturated rings. The molecule has 0 atom stereocenters. The van der Waals surface area contributed by atoms with Crippen LogP contribution < -0.4 is 0 Å². The molecule has 0 amide bonds. The average molecular weight is 244 g/mol. The van der Waals surface area contributed by atoms with Gasteiger partial charge < -0.3 is 0 Å². The summed E-state index contributed by atoms with van der Waals surface area (Å²) in [6.45, 7) is 7.11. The normalized spacial score (nSPS) is 10.7. The molecule has 0 spiro atoms. The van der Waals surface area contributed by atoms with Crippen LogP contribution in [0.25, 0.3) is 0 Å². The van der Waals surface area contributed by atoms with E-state index in [9.17, 15) is 4.79 Å². The van der Waals surface area contributed by atoms with Gasteiger partial charge in [0.15, 0.2) is 5.78 Å². The van der Waals surface area contributed by atoms with Gasteiger partial charge in [0.05, 0.1) is 12.6 Å². The molecule has 18 heavy (non-hydrogen) atoms. The van der Waals surface area contributed by atoms with Gasteiger partial charge in [-0.15, -0.1) is 0 Å². The lowest BCUT2D eigenvalue weighted by Crippen LogP contribution is -2.36. The van der Waals surface area contributed by atoms with E-state index in [0.29, 0.717) is 19.5 Å². The molecule has 0 aromatic heterocycles. The van der Waals surface area contributed by atoms with Crippen LogP contribution >= 0.6 is 0 Å². The third-order valence-electron chi connectivity index (χ3n) is 2.96. The summed E-state index contributed by atoms with van der Waals surface area (Å²) < 4.78 is 0. The maximum Gasteiger partial charge on any atom is 0.176 e. The molecule has 1 rings (SSSR count). The molecule has 0 radical (unpaired) electrons. The quantitative estimate of drug-likeness (QED) is 0.723. The zero-order valence-corrected chi connectivity index (χ0v) is 11.3. The van der Waals surface area contributed by atoms with Gasteiger partial charge in [-0.25, -0.2) is 0 Å². The van der Waals surface area contributed by atoms with Gasteiger partial charge in [-0.1, -0.05) is 29.8 Å². The average Bonchev–Trinajstić information content (AvgIpc) is 2.34. The van der Waals surface area contributed by atoms with Crippen molar-refractivity contribution in [1.82, 2.24) is 4.90 Å². The minimum atomic E-state index is 0.113. The first-order chi connectivity index (χ1) is 8.54. The molecule has 0 saturated heterocycles. The van der Waals surface area contributed by atoms with Crippen molar-refractivity contribution in [2.24, 2.45) is 0 Å². The van der Waals surface area contributed by atoms with Crippen molar-refractivity contribution in [1.29, 1.82) is 5.26 Å². The van der Waals surface area contributed by atoms with E-state index in [0.717, 1.165) is 11.1 Å². The van der Waals surface area contributed by atoms with E-state index < -0.39 is 0 Å². The largest absolute Gasteiger partial charge is 0.293 e. The highest BCUT2D eigenvalue weighted by molar-refractivity contribution is 5.97. The minimum absolute atomic E-state index is 0.113. The Kier molecular flexibility index (Phi) is 5.54. The van der Waals surface area contributed by atoms with E-state index in [-0.39, 0.29) is 11.8 Å². The van der Waals surface area contributed by atoms with Crippen molar-refractivity contribution in [3.8, 4) is 6.07 Å². The van der Waals surface area contributed by atoms with Crippen LogP contribution in [0.4, 0.5) is 0 Å². The van der Waals surface area contributed by atoms with Gasteiger partial charge in [0.25, 0.3) is 0 Å². The molecule has 3 heteroatoms. The molecule has 96 valence electrons. The van der Waals surface area contributed by atoms with E-state index in [2.05, 4.69) is 6.07 Å². The molecule has 1 aromatic rings. The maximum atomic E-state index is 12.1. The van der Waals surface area contributed by atoms with Crippen molar-refractivity contribution < 1.29 is 4.79 Å². The number of ketones is 1. The number of aryl methyl sites for hydroxylation is 1. The fraction of sp³-hybridized carbons (Fsp3) is 0.467. The number of nitrogens with zero attached hydrogens (tertiary/aromatic N) is 2. The number of benzene rings is 1. The van der Waals surface area contributed by atoms with Gasteiger partial charge in [-0.3, -0.25) is 9.69 Å². The Morgan fingerprint density at radius 3 is 2.44 bits per heavy atom. The molecule has 0 aliphatic carbocycles. The molecule has 0 aliphatic rings. The van der Waals surface area contributed by atoms with Gasteiger partial charge in [0, 0.05) is 24.6 Å². The van der Waals surface area contributed by atoms with E-state index in [4.69, 9.17) is 5.26 Å². The summed E-state index contributed by atoms with van der Waals surface area (Å²) in [6, 6.07) is 10.0. The van der Waals surface area contributed by atoms with E-state index in [1.54, 1.807) is 0 Å². The molecule has 0 N–H and O–H groups in total. The molecule has 0 saturated carbocycles.